The molecular weight excluding hydrogens is 380 g/mol. The summed E-state index contributed by atoms with van der Waals surface area (Å²) in [4.78, 5) is 11.5. The lowest BCUT2D eigenvalue weighted by atomic mass is 9.44. The molecule has 0 aromatic rings. The zero-order valence-electron chi connectivity index (χ0n) is 19.1. The van der Waals surface area contributed by atoms with Crippen molar-refractivity contribution in [1.82, 2.24) is 0 Å². The van der Waals surface area contributed by atoms with Gasteiger partial charge in [0.25, 0.3) is 0 Å². The molecule has 2 spiro atoms. The van der Waals surface area contributed by atoms with Crippen molar-refractivity contribution in [2.75, 3.05) is 13.2 Å². The molecule has 0 bridgehead atoms. The van der Waals surface area contributed by atoms with Gasteiger partial charge < -0.3 is 18.9 Å². The molecule has 1 unspecified atom stereocenters. The van der Waals surface area contributed by atoms with E-state index in [4.69, 9.17) is 18.9 Å². The Morgan fingerprint density at radius 3 is 2.40 bits per heavy atom. The number of epoxide rings is 1. The Bertz CT molecular complexity index is 754. The van der Waals surface area contributed by atoms with Crippen molar-refractivity contribution in [2.24, 2.45) is 28.6 Å². The zero-order valence-corrected chi connectivity index (χ0v) is 19.1. The van der Waals surface area contributed by atoms with Gasteiger partial charge in [0.05, 0.1) is 31.0 Å². The minimum Gasteiger partial charge on any atom is -0.462 e. The molecule has 6 rings (SSSR count). The lowest BCUT2D eigenvalue weighted by Gasteiger charge is -2.61. The average Bonchev–Trinajstić information content (AvgIpc) is 3.31. The molecule has 4 aliphatic carbocycles. The number of rotatable bonds is 1. The van der Waals surface area contributed by atoms with E-state index >= 15 is 0 Å². The van der Waals surface area contributed by atoms with Gasteiger partial charge in [0.15, 0.2) is 0 Å². The van der Waals surface area contributed by atoms with E-state index in [0.717, 1.165) is 44.8 Å². The van der Waals surface area contributed by atoms with Gasteiger partial charge in [0.2, 0.25) is 0 Å². The van der Waals surface area contributed by atoms with E-state index in [1.807, 2.05) is 0 Å². The number of carbonyl (C=O) groups is 1. The maximum absolute atomic E-state index is 11.5. The maximum atomic E-state index is 11.5. The molecule has 4 saturated carbocycles. The van der Waals surface area contributed by atoms with Crippen molar-refractivity contribution >= 4 is 5.97 Å². The quantitative estimate of drug-likeness (QED) is 0.470. The Hall–Kier alpha value is -0.650. The summed E-state index contributed by atoms with van der Waals surface area (Å²) in [5, 5.41) is 0. The summed E-state index contributed by atoms with van der Waals surface area (Å²) in [5.41, 5.74) is 0.264. The molecule has 0 radical (unpaired) electrons. The number of carbonyl (C=O) groups excluding carboxylic acids is 1. The molecule has 5 nitrogen and oxygen atoms in total. The van der Waals surface area contributed by atoms with Crippen molar-refractivity contribution < 1.29 is 23.7 Å². The molecular formula is C25H38O5. The van der Waals surface area contributed by atoms with E-state index < -0.39 is 0 Å². The summed E-state index contributed by atoms with van der Waals surface area (Å²) >= 11 is 0. The van der Waals surface area contributed by atoms with Crippen molar-refractivity contribution in [3.05, 3.63) is 0 Å². The Kier molecular flexibility index (Phi) is 4.15. The van der Waals surface area contributed by atoms with E-state index in [1.54, 1.807) is 0 Å². The summed E-state index contributed by atoms with van der Waals surface area (Å²) in [6, 6.07) is 0. The SMILES string of the molecule is CC(=O)O[C@H]1CC[C@]2(C)[C@H]3CC[C@@]4(C)[C@@H](CC[C@@]45OCCOC5C)[C@@H]3C[C@@H]3O[C@@]32C1. The van der Waals surface area contributed by atoms with Crippen LogP contribution in [0.3, 0.4) is 0 Å². The molecule has 10 atom stereocenters. The summed E-state index contributed by atoms with van der Waals surface area (Å²) in [6.07, 6.45) is 9.65. The van der Waals surface area contributed by atoms with Crippen LogP contribution in [0.25, 0.3) is 0 Å². The normalized spacial score (nSPS) is 58.9. The molecule has 2 heterocycles. The fraction of sp³-hybridized carbons (Fsp3) is 0.960. The van der Waals surface area contributed by atoms with Gasteiger partial charge in [-0.2, -0.15) is 0 Å². The molecule has 168 valence electrons. The van der Waals surface area contributed by atoms with E-state index in [9.17, 15) is 4.79 Å². The van der Waals surface area contributed by atoms with Crippen LogP contribution >= 0.6 is 0 Å². The van der Waals surface area contributed by atoms with Crippen LogP contribution in [0.1, 0.15) is 79.1 Å². The highest BCUT2D eigenvalue weighted by atomic mass is 16.6. The molecule has 30 heavy (non-hydrogen) atoms. The molecule has 5 heteroatoms. The molecule has 2 aliphatic heterocycles. The molecule has 0 aromatic heterocycles. The van der Waals surface area contributed by atoms with E-state index in [2.05, 4.69) is 20.8 Å². The van der Waals surface area contributed by atoms with Crippen LogP contribution in [0.2, 0.25) is 0 Å². The molecule has 0 aromatic carbocycles. The molecule has 2 saturated heterocycles. The van der Waals surface area contributed by atoms with Gasteiger partial charge in [-0.25, -0.2) is 0 Å². The van der Waals surface area contributed by atoms with Gasteiger partial charge in [0.1, 0.15) is 11.7 Å². The third-order valence-electron chi connectivity index (χ3n) is 11.0. The van der Waals surface area contributed by atoms with Crippen molar-refractivity contribution in [2.45, 2.75) is 109 Å². The molecule has 0 amide bonds. The first-order chi connectivity index (χ1) is 14.3. The van der Waals surface area contributed by atoms with Crippen molar-refractivity contribution in [3.63, 3.8) is 0 Å². The minimum atomic E-state index is -0.153. The highest BCUT2D eigenvalue weighted by Crippen LogP contribution is 2.75. The van der Waals surface area contributed by atoms with Gasteiger partial charge in [0, 0.05) is 24.2 Å². The number of hydrogen-bond acceptors (Lipinski definition) is 5. The van der Waals surface area contributed by atoms with Crippen LogP contribution in [-0.2, 0) is 23.7 Å². The van der Waals surface area contributed by atoms with Gasteiger partial charge in [-0.1, -0.05) is 13.8 Å². The average molecular weight is 419 g/mol. The molecule has 6 fully saturated rings. The Labute approximate surface area is 180 Å². The first-order valence-corrected chi connectivity index (χ1v) is 12.4. The summed E-state index contributed by atoms with van der Waals surface area (Å²) in [5.74, 6) is 1.98. The first-order valence-electron chi connectivity index (χ1n) is 12.4. The van der Waals surface area contributed by atoms with Crippen LogP contribution in [0, 0.1) is 28.6 Å². The third kappa shape index (κ3) is 2.28. The van der Waals surface area contributed by atoms with Gasteiger partial charge >= 0.3 is 5.97 Å². The zero-order chi connectivity index (χ0) is 20.9. The lowest BCUT2D eigenvalue weighted by molar-refractivity contribution is -0.254. The van der Waals surface area contributed by atoms with Crippen LogP contribution in [-0.4, -0.2) is 48.7 Å². The Morgan fingerprint density at radius 1 is 0.967 bits per heavy atom. The van der Waals surface area contributed by atoms with Crippen molar-refractivity contribution in [1.29, 1.82) is 0 Å². The predicted octanol–water partition coefficient (Wildman–Crippen LogP) is 4.27. The number of esters is 1. The summed E-state index contributed by atoms with van der Waals surface area (Å²) in [7, 11) is 0. The smallest absolute Gasteiger partial charge is 0.302 e. The second-order valence-corrected chi connectivity index (χ2v) is 11.7. The summed E-state index contributed by atoms with van der Waals surface area (Å²) < 4.78 is 25.0. The predicted molar refractivity (Wildman–Crippen MR) is 111 cm³/mol. The van der Waals surface area contributed by atoms with Gasteiger partial charge in [-0.3, -0.25) is 4.79 Å². The highest BCUT2D eigenvalue weighted by molar-refractivity contribution is 5.66. The number of ether oxygens (including phenoxy) is 4. The lowest BCUT2D eigenvalue weighted by Crippen LogP contribution is -2.63. The monoisotopic (exact) mass is 418 g/mol. The van der Waals surface area contributed by atoms with Crippen LogP contribution in [0.15, 0.2) is 0 Å². The summed E-state index contributed by atoms with van der Waals surface area (Å²) in [6.45, 7) is 10.3. The van der Waals surface area contributed by atoms with Crippen LogP contribution in [0.5, 0.6) is 0 Å². The molecule has 6 aliphatic rings. The van der Waals surface area contributed by atoms with E-state index in [1.165, 1.54) is 32.6 Å². The topological polar surface area (TPSA) is 57.3 Å². The largest absolute Gasteiger partial charge is 0.462 e. The Morgan fingerprint density at radius 2 is 1.67 bits per heavy atom. The van der Waals surface area contributed by atoms with Crippen molar-refractivity contribution in [3.8, 4) is 0 Å². The van der Waals surface area contributed by atoms with E-state index in [-0.39, 0.29) is 40.2 Å². The Balaban J connectivity index is 1.29. The number of fused-ring (bicyclic) bond motifs is 5. The fourth-order valence-corrected chi connectivity index (χ4v) is 9.61. The van der Waals surface area contributed by atoms with Gasteiger partial charge in [-0.15, -0.1) is 0 Å². The standard InChI is InChI=1S/C25H38O5/c1-15-24(28-12-11-27-15)10-7-20-18-13-21-25(30-21)14-17(29-16(2)26)5-8-23(25,4)19(18)6-9-22(20,24)3/h15,17-21H,5-14H2,1-4H3/t15?,17-,18+,19-,20-,21-,22-,23+,24-,25-/m0/s1. The second-order valence-electron chi connectivity index (χ2n) is 11.7. The number of hydrogen-bond donors (Lipinski definition) is 0. The second kappa shape index (κ2) is 6.23. The first kappa shape index (κ1) is 20.0. The van der Waals surface area contributed by atoms with Gasteiger partial charge in [-0.05, 0) is 69.6 Å². The third-order valence-corrected chi connectivity index (χ3v) is 11.0. The molecule has 0 N–H and O–H groups in total. The fourth-order valence-electron chi connectivity index (χ4n) is 9.61. The van der Waals surface area contributed by atoms with E-state index in [0.29, 0.717) is 17.9 Å². The van der Waals surface area contributed by atoms with Crippen LogP contribution < -0.4 is 0 Å². The highest BCUT2D eigenvalue weighted by Gasteiger charge is 2.77. The maximum Gasteiger partial charge on any atom is 0.302 e. The minimum absolute atomic E-state index is 0.0365. The van der Waals surface area contributed by atoms with Crippen LogP contribution in [0.4, 0.5) is 0 Å².